The van der Waals surface area contributed by atoms with Gasteiger partial charge in [-0.25, -0.2) is 4.79 Å². The van der Waals surface area contributed by atoms with Crippen molar-refractivity contribution in [3.63, 3.8) is 0 Å². The lowest BCUT2D eigenvalue weighted by Crippen LogP contribution is -2.20. The zero-order valence-corrected chi connectivity index (χ0v) is 16.5. The Hall–Kier alpha value is -2.47. The Labute approximate surface area is 167 Å². The van der Waals surface area contributed by atoms with Crippen LogP contribution in [0.15, 0.2) is 48.5 Å². The maximum absolute atomic E-state index is 12.6. The molecule has 6 heteroatoms. The summed E-state index contributed by atoms with van der Waals surface area (Å²) in [6.07, 6.45) is 5.83. The summed E-state index contributed by atoms with van der Waals surface area (Å²) in [4.78, 5) is 23.2. The highest BCUT2D eigenvalue weighted by Crippen LogP contribution is 2.24. The lowest BCUT2D eigenvalue weighted by molar-refractivity contribution is -0.115. The van der Waals surface area contributed by atoms with Crippen LogP contribution >= 0.6 is 0 Å². The van der Waals surface area contributed by atoms with Crippen LogP contribution in [0.3, 0.4) is 0 Å². The number of carbonyl (C=O) groups is 2. The molecule has 2 aromatic carbocycles. The summed E-state index contributed by atoms with van der Waals surface area (Å²) in [5.41, 5.74) is 2.60. The van der Waals surface area contributed by atoms with Gasteiger partial charge in [0.05, 0.1) is 12.0 Å². The lowest BCUT2D eigenvalue weighted by atomic mass is 10.0. The predicted molar refractivity (Wildman–Crippen MR) is 111 cm³/mol. The van der Waals surface area contributed by atoms with Crippen LogP contribution < -0.4 is 5.32 Å². The fourth-order valence-corrected chi connectivity index (χ4v) is 5.11. The molecule has 148 valence electrons. The first-order valence-corrected chi connectivity index (χ1v) is 11.0. The summed E-state index contributed by atoms with van der Waals surface area (Å²) in [6.45, 7) is 0. The summed E-state index contributed by atoms with van der Waals surface area (Å²) in [7, 11) is -0.877. The van der Waals surface area contributed by atoms with Crippen LogP contribution in [0.4, 0.5) is 5.69 Å². The highest BCUT2D eigenvalue weighted by Gasteiger charge is 2.20. The van der Waals surface area contributed by atoms with Crippen molar-refractivity contribution in [3.05, 3.63) is 65.2 Å². The molecule has 1 unspecified atom stereocenters. The third kappa shape index (κ3) is 5.76. The number of aromatic carboxylic acids is 1. The van der Waals surface area contributed by atoms with Crippen molar-refractivity contribution in [3.8, 4) is 0 Å². The van der Waals surface area contributed by atoms with Crippen molar-refractivity contribution in [1.82, 2.24) is 0 Å². The quantitative estimate of drug-likeness (QED) is 0.733. The van der Waals surface area contributed by atoms with Gasteiger partial charge in [0.15, 0.2) is 0 Å². The van der Waals surface area contributed by atoms with Gasteiger partial charge in [0, 0.05) is 27.5 Å². The van der Waals surface area contributed by atoms with Gasteiger partial charge in [-0.1, -0.05) is 43.5 Å². The number of amides is 1. The smallest absolute Gasteiger partial charge is 0.335 e. The summed E-state index contributed by atoms with van der Waals surface area (Å²) < 4.78 is 12.6. The summed E-state index contributed by atoms with van der Waals surface area (Å²) in [6, 6.07) is 13.8. The van der Waals surface area contributed by atoms with Crippen molar-refractivity contribution >= 4 is 28.4 Å². The molecule has 1 fully saturated rings. The van der Waals surface area contributed by atoms with E-state index in [1.54, 1.807) is 12.1 Å². The summed E-state index contributed by atoms with van der Waals surface area (Å²) >= 11 is 0. The topological polar surface area (TPSA) is 83.5 Å². The minimum atomic E-state index is -0.988. The van der Waals surface area contributed by atoms with Gasteiger partial charge < -0.3 is 10.4 Å². The largest absolute Gasteiger partial charge is 0.478 e. The van der Waals surface area contributed by atoms with E-state index in [-0.39, 0.29) is 17.9 Å². The second kappa shape index (κ2) is 9.64. The molecule has 28 heavy (non-hydrogen) atoms. The first-order chi connectivity index (χ1) is 13.5. The molecule has 0 aromatic heterocycles. The van der Waals surface area contributed by atoms with Crippen LogP contribution in [0.2, 0.25) is 0 Å². The monoisotopic (exact) mass is 399 g/mol. The molecular formula is C22H25NO4S. The Kier molecular flexibility index (Phi) is 6.98. The molecule has 0 heterocycles. The van der Waals surface area contributed by atoms with E-state index in [9.17, 15) is 13.8 Å². The van der Waals surface area contributed by atoms with E-state index in [0.717, 1.165) is 24.0 Å². The first-order valence-electron chi connectivity index (χ1n) is 9.59. The summed E-state index contributed by atoms with van der Waals surface area (Å²) in [5, 5.41) is 12.1. The number of carboxylic acid groups (broad SMARTS) is 1. The standard InChI is InChI=1S/C22H25NO4S/c24-21(14-16-9-11-18(12-10-16)22(25)26)23-19-6-4-5-17(13-19)15-28(27)20-7-2-1-3-8-20/h4-6,9-13,20H,1-3,7-8,14-15H2,(H,23,24)(H,25,26). The van der Waals surface area contributed by atoms with Gasteiger partial charge in [0.25, 0.3) is 0 Å². The average Bonchev–Trinajstić information content (AvgIpc) is 2.69. The van der Waals surface area contributed by atoms with E-state index < -0.39 is 16.8 Å². The van der Waals surface area contributed by atoms with E-state index in [4.69, 9.17) is 5.11 Å². The van der Waals surface area contributed by atoms with Crippen LogP contribution in [0, 0.1) is 0 Å². The van der Waals surface area contributed by atoms with Gasteiger partial charge in [-0.2, -0.15) is 0 Å². The molecule has 2 N–H and O–H groups in total. The van der Waals surface area contributed by atoms with Crippen molar-refractivity contribution in [2.24, 2.45) is 0 Å². The van der Waals surface area contributed by atoms with Gasteiger partial charge in [-0.3, -0.25) is 9.00 Å². The van der Waals surface area contributed by atoms with Crippen LogP contribution in [0.1, 0.15) is 53.6 Å². The molecular weight excluding hydrogens is 374 g/mol. The second-order valence-electron chi connectivity index (χ2n) is 7.21. The van der Waals surface area contributed by atoms with Crippen molar-refractivity contribution < 1.29 is 18.9 Å². The molecule has 1 saturated carbocycles. The van der Waals surface area contributed by atoms with E-state index in [0.29, 0.717) is 16.7 Å². The van der Waals surface area contributed by atoms with Crippen LogP contribution in [-0.2, 0) is 27.8 Å². The fourth-order valence-electron chi connectivity index (χ4n) is 3.50. The Morgan fingerprint density at radius 3 is 2.39 bits per heavy atom. The Bertz CT molecular complexity index is 857. The number of rotatable bonds is 7. The van der Waals surface area contributed by atoms with Crippen molar-refractivity contribution in [2.45, 2.75) is 49.5 Å². The maximum Gasteiger partial charge on any atom is 0.335 e. The highest BCUT2D eigenvalue weighted by molar-refractivity contribution is 7.84. The second-order valence-corrected chi connectivity index (χ2v) is 8.93. The maximum atomic E-state index is 12.6. The van der Waals surface area contributed by atoms with Gasteiger partial charge in [-0.05, 0) is 48.2 Å². The highest BCUT2D eigenvalue weighted by atomic mass is 32.2. The van der Waals surface area contributed by atoms with E-state index in [1.165, 1.54) is 31.4 Å². The minimum Gasteiger partial charge on any atom is -0.478 e. The molecule has 1 atom stereocenters. The van der Waals surface area contributed by atoms with Crippen LogP contribution in [-0.4, -0.2) is 26.4 Å². The van der Waals surface area contributed by atoms with Crippen molar-refractivity contribution in [1.29, 1.82) is 0 Å². The number of hydrogen-bond acceptors (Lipinski definition) is 3. The van der Waals surface area contributed by atoms with Crippen molar-refractivity contribution in [2.75, 3.05) is 5.32 Å². The molecule has 2 aromatic rings. The zero-order valence-electron chi connectivity index (χ0n) is 15.7. The van der Waals surface area contributed by atoms with E-state index in [1.807, 2.05) is 24.3 Å². The van der Waals surface area contributed by atoms with E-state index in [2.05, 4.69) is 5.32 Å². The SMILES string of the molecule is O=C(Cc1ccc(C(=O)O)cc1)Nc1cccc(CS(=O)C2CCCCC2)c1. The lowest BCUT2D eigenvalue weighted by Gasteiger charge is -2.21. The minimum absolute atomic E-state index is 0.165. The third-order valence-corrected chi connectivity index (χ3v) is 6.84. The van der Waals surface area contributed by atoms with Crippen LogP contribution in [0.25, 0.3) is 0 Å². The number of hydrogen-bond donors (Lipinski definition) is 2. The Morgan fingerprint density at radius 1 is 1.00 bits per heavy atom. The normalized spacial score (nSPS) is 15.7. The molecule has 5 nitrogen and oxygen atoms in total. The van der Waals surface area contributed by atoms with E-state index >= 15 is 0 Å². The third-order valence-electron chi connectivity index (χ3n) is 5.01. The molecule has 0 radical (unpaired) electrons. The number of carbonyl (C=O) groups excluding carboxylic acids is 1. The van der Waals surface area contributed by atoms with Gasteiger partial charge in [-0.15, -0.1) is 0 Å². The molecule has 0 spiro atoms. The zero-order chi connectivity index (χ0) is 19.9. The van der Waals surface area contributed by atoms with Gasteiger partial charge in [0.1, 0.15) is 0 Å². The molecule has 0 saturated heterocycles. The number of anilines is 1. The molecule has 0 bridgehead atoms. The van der Waals surface area contributed by atoms with Gasteiger partial charge >= 0.3 is 5.97 Å². The molecule has 1 amide bonds. The molecule has 3 rings (SSSR count). The molecule has 1 aliphatic carbocycles. The van der Waals surface area contributed by atoms with Crippen LogP contribution in [0.5, 0.6) is 0 Å². The molecule has 1 aliphatic rings. The fraction of sp³-hybridized carbons (Fsp3) is 0.364. The Balaban J connectivity index is 1.56. The van der Waals surface area contributed by atoms with Gasteiger partial charge in [0.2, 0.25) is 5.91 Å². The Morgan fingerprint density at radius 2 is 1.71 bits per heavy atom. The average molecular weight is 400 g/mol. The first kappa shape index (κ1) is 20.3. The number of benzene rings is 2. The number of carboxylic acids is 1. The predicted octanol–water partition coefficient (Wildman–Crippen LogP) is 4.15. The summed E-state index contributed by atoms with van der Waals surface area (Å²) in [5.74, 6) is -0.641. The molecule has 0 aliphatic heterocycles. The number of nitrogens with one attached hydrogen (secondary N) is 1.